The van der Waals surface area contributed by atoms with Crippen molar-refractivity contribution in [1.82, 2.24) is 20.5 Å². The van der Waals surface area contributed by atoms with Gasteiger partial charge in [0.05, 0.1) is 6.04 Å². The number of ether oxygens (including phenoxy) is 1. The quantitative estimate of drug-likeness (QED) is 0.785. The van der Waals surface area contributed by atoms with Crippen LogP contribution in [0.5, 0.6) is 0 Å². The lowest BCUT2D eigenvalue weighted by Gasteiger charge is -2.23. The van der Waals surface area contributed by atoms with E-state index in [-0.39, 0.29) is 18.1 Å². The zero-order valence-electron chi connectivity index (χ0n) is 9.27. The highest BCUT2D eigenvalue weighted by Gasteiger charge is 2.23. The van der Waals surface area contributed by atoms with Crippen LogP contribution in [0.25, 0.3) is 0 Å². The van der Waals surface area contributed by atoms with Gasteiger partial charge in [0.25, 0.3) is 0 Å². The summed E-state index contributed by atoms with van der Waals surface area (Å²) >= 11 is 0. The Bertz CT molecular complexity index is 333. The van der Waals surface area contributed by atoms with Crippen molar-refractivity contribution in [2.24, 2.45) is 0 Å². The van der Waals surface area contributed by atoms with Gasteiger partial charge >= 0.3 is 0 Å². The van der Waals surface area contributed by atoms with E-state index < -0.39 is 0 Å². The van der Waals surface area contributed by atoms with E-state index in [2.05, 4.69) is 20.5 Å². The number of carbonyl (C=O) groups is 1. The van der Waals surface area contributed by atoms with E-state index >= 15 is 0 Å². The zero-order chi connectivity index (χ0) is 11.4. The second-order valence-electron chi connectivity index (χ2n) is 3.96. The third-order valence-electron chi connectivity index (χ3n) is 2.67. The number of hydrogen-bond donors (Lipinski definition) is 2. The lowest BCUT2D eigenvalue weighted by Crippen LogP contribution is -2.39. The maximum atomic E-state index is 11.8. The minimum Gasteiger partial charge on any atom is -0.368 e. The molecule has 1 aromatic rings. The van der Waals surface area contributed by atoms with E-state index in [1.807, 2.05) is 6.92 Å². The van der Waals surface area contributed by atoms with Gasteiger partial charge in [-0.15, -0.1) is 0 Å². The van der Waals surface area contributed by atoms with Crippen molar-refractivity contribution in [3.05, 3.63) is 12.2 Å². The minimum absolute atomic E-state index is 0.0661. The van der Waals surface area contributed by atoms with E-state index in [1.165, 1.54) is 6.33 Å². The summed E-state index contributed by atoms with van der Waals surface area (Å²) in [6.07, 6.45) is 4.01. The molecule has 1 amide bonds. The molecular weight excluding hydrogens is 208 g/mol. The molecule has 88 valence electrons. The fourth-order valence-electron chi connectivity index (χ4n) is 1.75. The van der Waals surface area contributed by atoms with E-state index in [9.17, 15) is 4.79 Å². The second kappa shape index (κ2) is 5.07. The fourth-order valence-corrected chi connectivity index (χ4v) is 1.75. The number of amides is 1. The normalized spacial score (nSPS) is 22.7. The van der Waals surface area contributed by atoms with E-state index in [1.54, 1.807) is 0 Å². The molecule has 0 spiro atoms. The highest BCUT2D eigenvalue weighted by Crippen LogP contribution is 2.14. The van der Waals surface area contributed by atoms with Gasteiger partial charge in [-0.25, -0.2) is 4.98 Å². The van der Waals surface area contributed by atoms with Crippen LogP contribution in [0.15, 0.2) is 6.33 Å². The molecule has 0 bridgehead atoms. The maximum absolute atomic E-state index is 11.8. The molecule has 0 radical (unpaired) electrons. The number of rotatable bonds is 3. The Morgan fingerprint density at radius 3 is 3.19 bits per heavy atom. The van der Waals surface area contributed by atoms with Crippen LogP contribution in [-0.2, 0) is 9.53 Å². The van der Waals surface area contributed by atoms with Crippen LogP contribution in [0.1, 0.15) is 38.1 Å². The summed E-state index contributed by atoms with van der Waals surface area (Å²) in [5.74, 6) is 0.591. The molecule has 2 unspecified atom stereocenters. The maximum Gasteiger partial charge on any atom is 0.249 e. The first-order chi connectivity index (χ1) is 7.77. The molecule has 1 fully saturated rings. The van der Waals surface area contributed by atoms with Gasteiger partial charge in [-0.3, -0.25) is 9.89 Å². The van der Waals surface area contributed by atoms with E-state index in [4.69, 9.17) is 4.74 Å². The highest BCUT2D eigenvalue weighted by atomic mass is 16.5. The number of H-pyrrole nitrogens is 1. The molecule has 1 aromatic heterocycles. The number of nitrogens with one attached hydrogen (secondary N) is 2. The van der Waals surface area contributed by atoms with Crippen LogP contribution in [-0.4, -0.2) is 33.8 Å². The molecule has 1 aliphatic heterocycles. The summed E-state index contributed by atoms with van der Waals surface area (Å²) in [4.78, 5) is 15.8. The molecule has 6 nitrogen and oxygen atoms in total. The topological polar surface area (TPSA) is 79.9 Å². The summed E-state index contributed by atoms with van der Waals surface area (Å²) in [6, 6.07) is -0.166. The van der Waals surface area contributed by atoms with Gasteiger partial charge in [0, 0.05) is 6.61 Å². The molecule has 2 rings (SSSR count). The molecule has 1 saturated heterocycles. The molecule has 1 aliphatic rings. The molecular formula is C10H16N4O2. The van der Waals surface area contributed by atoms with Crippen LogP contribution in [0, 0.1) is 0 Å². The van der Waals surface area contributed by atoms with Crippen molar-refractivity contribution < 1.29 is 9.53 Å². The van der Waals surface area contributed by atoms with Crippen molar-refractivity contribution in [3.8, 4) is 0 Å². The lowest BCUT2D eigenvalue weighted by molar-refractivity contribution is -0.136. The van der Waals surface area contributed by atoms with Crippen molar-refractivity contribution in [2.75, 3.05) is 6.61 Å². The van der Waals surface area contributed by atoms with Gasteiger partial charge < -0.3 is 10.1 Å². The predicted molar refractivity (Wildman–Crippen MR) is 56.5 cm³/mol. The fraction of sp³-hybridized carbons (Fsp3) is 0.700. The third-order valence-corrected chi connectivity index (χ3v) is 2.67. The van der Waals surface area contributed by atoms with Crippen LogP contribution in [0.4, 0.5) is 0 Å². The second-order valence-corrected chi connectivity index (χ2v) is 3.96. The van der Waals surface area contributed by atoms with Crippen molar-refractivity contribution in [2.45, 2.75) is 38.3 Å². The molecule has 6 heteroatoms. The van der Waals surface area contributed by atoms with Crippen molar-refractivity contribution >= 4 is 5.91 Å². The summed E-state index contributed by atoms with van der Waals surface area (Å²) in [5.41, 5.74) is 0. The first-order valence-electron chi connectivity index (χ1n) is 5.54. The zero-order valence-corrected chi connectivity index (χ0v) is 9.27. The Hall–Kier alpha value is -1.43. The van der Waals surface area contributed by atoms with Crippen molar-refractivity contribution in [3.63, 3.8) is 0 Å². The number of nitrogens with zero attached hydrogens (tertiary/aromatic N) is 2. The summed E-state index contributed by atoms with van der Waals surface area (Å²) in [6.45, 7) is 2.54. The summed E-state index contributed by atoms with van der Waals surface area (Å²) in [7, 11) is 0. The van der Waals surface area contributed by atoms with Gasteiger partial charge in [-0.2, -0.15) is 5.10 Å². The average Bonchev–Trinajstić information content (AvgIpc) is 2.83. The van der Waals surface area contributed by atoms with Gasteiger partial charge in [0.1, 0.15) is 18.3 Å². The van der Waals surface area contributed by atoms with Gasteiger partial charge in [0.15, 0.2) is 0 Å². The van der Waals surface area contributed by atoms with Crippen LogP contribution < -0.4 is 5.32 Å². The summed E-state index contributed by atoms with van der Waals surface area (Å²) in [5, 5.41) is 9.33. The highest BCUT2D eigenvalue weighted by molar-refractivity contribution is 5.81. The van der Waals surface area contributed by atoms with Crippen LogP contribution in [0.2, 0.25) is 0 Å². The van der Waals surface area contributed by atoms with Crippen LogP contribution in [0.3, 0.4) is 0 Å². The first-order valence-corrected chi connectivity index (χ1v) is 5.54. The van der Waals surface area contributed by atoms with Gasteiger partial charge in [-0.1, -0.05) is 0 Å². The van der Waals surface area contributed by atoms with E-state index in [0.717, 1.165) is 19.3 Å². The number of aromatic amines is 1. The third kappa shape index (κ3) is 2.57. The Balaban J connectivity index is 1.86. The Morgan fingerprint density at radius 1 is 1.69 bits per heavy atom. The average molecular weight is 224 g/mol. The molecule has 0 aromatic carbocycles. The monoisotopic (exact) mass is 224 g/mol. The van der Waals surface area contributed by atoms with E-state index in [0.29, 0.717) is 12.4 Å². The van der Waals surface area contributed by atoms with Gasteiger partial charge in [0.2, 0.25) is 5.91 Å². The lowest BCUT2D eigenvalue weighted by atomic mass is 10.1. The number of hydrogen-bond acceptors (Lipinski definition) is 4. The number of carbonyl (C=O) groups excluding carboxylic acids is 1. The SMILES string of the molecule is CC(NC(=O)C1CCCCO1)c1ncn[nH]1. The van der Waals surface area contributed by atoms with Crippen LogP contribution >= 0.6 is 0 Å². The smallest absolute Gasteiger partial charge is 0.249 e. The Kier molecular flexibility index (Phi) is 3.51. The Labute approximate surface area is 93.8 Å². The minimum atomic E-state index is -0.306. The molecule has 2 N–H and O–H groups in total. The molecule has 16 heavy (non-hydrogen) atoms. The standard InChI is InChI=1S/C10H16N4O2/c1-7(9-11-6-12-14-9)13-10(15)8-4-2-3-5-16-8/h6-8H,2-5H2,1H3,(H,13,15)(H,11,12,14). The molecule has 0 saturated carbocycles. The van der Waals surface area contributed by atoms with Gasteiger partial charge in [-0.05, 0) is 26.2 Å². The predicted octanol–water partition coefficient (Wildman–Crippen LogP) is 0.551. The molecule has 2 atom stereocenters. The summed E-state index contributed by atoms with van der Waals surface area (Å²) < 4.78 is 5.40. The first kappa shape index (κ1) is 11.1. The number of aromatic nitrogens is 3. The molecule has 0 aliphatic carbocycles. The van der Waals surface area contributed by atoms with Crippen molar-refractivity contribution in [1.29, 1.82) is 0 Å². The largest absolute Gasteiger partial charge is 0.368 e. The Morgan fingerprint density at radius 2 is 2.56 bits per heavy atom. The molecule has 2 heterocycles.